The van der Waals surface area contributed by atoms with E-state index >= 15 is 0 Å². The average Bonchev–Trinajstić information content (AvgIpc) is 2.91. The minimum absolute atomic E-state index is 0.0765. The lowest BCUT2D eigenvalue weighted by atomic mass is 10.0. The summed E-state index contributed by atoms with van der Waals surface area (Å²) >= 11 is 0. The fraction of sp³-hybridized carbons (Fsp3) is 1.00. The second-order valence-corrected chi connectivity index (χ2v) is 10.5. The number of ether oxygens (including phenoxy) is 4. The Balaban J connectivity index is 2.27. The van der Waals surface area contributed by atoms with Crippen molar-refractivity contribution in [1.82, 2.24) is 0 Å². The zero-order valence-corrected chi connectivity index (χ0v) is 17.3. The van der Waals surface area contributed by atoms with Crippen molar-refractivity contribution >= 4 is 20.2 Å². The van der Waals surface area contributed by atoms with Crippen molar-refractivity contribution in [2.75, 3.05) is 25.7 Å². The van der Waals surface area contributed by atoms with Crippen LogP contribution in [0.15, 0.2) is 0 Å². The van der Waals surface area contributed by atoms with Gasteiger partial charge in [-0.25, -0.2) is 0 Å². The maximum absolute atomic E-state index is 11.8. The summed E-state index contributed by atoms with van der Waals surface area (Å²) in [4.78, 5) is 0. The van der Waals surface area contributed by atoms with Gasteiger partial charge < -0.3 is 18.9 Å². The van der Waals surface area contributed by atoms with Gasteiger partial charge in [0.15, 0.2) is 11.6 Å². The van der Waals surface area contributed by atoms with Crippen molar-refractivity contribution in [3.63, 3.8) is 0 Å². The third-order valence-corrected chi connectivity index (χ3v) is 4.81. The highest BCUT2D eigenvalue weighted by Gasteiger charge is 2.52. The van der Waals surface area contributed by atoms with E-state index in [0.717, 1.165) is 12.5 Å². The van der Waals surface area contributed by atoms with Gasteiger partial charge in [0.1, 0.15) is 24.4 Å². The molecule has 2 heterocycles. The molecular weight excluding hydrogens is 392 g/mol. The molecule has 12 heteroatoms. The van der Waals surface area contributed by atoms with Gasteiger partial charge in [-0.1, -0.05) is 0 Å². The molecule has 2 aliphatic heterocycles. The van der Waals surface area contributed by atoms with E-state index in [1.165, 1.54) is 0 Å². The standard InChI is InChI=1S/C14H26O10S2/c1-13(2)19-7-9(21-13)12(24-26(6,17)18)11-10(8-20-25(5,15)16)22-14(3,4)23-11/h9-12H,7-8H2,1-6H3/t9-,10+,11+,12+/m0/s1. The summed E-state index contributed by atoms with van der Waals surface area (Å²) in [5.74, 6) is -2.01. The summed E-state index contributed by atoms with van der Waals surface area (Å²) in [6.45, 7) is 6.33. The van der Waals surface area contributed by atoms with Crippen LogP contribution in [0, 0.1) is 0 Å². The summed E-state index contributed by atoms with van der Waals surface area (Å²) in [6, 6.07) is 0. The predicted octanol–water partition coefficient (Wildman–Crippen LogP) is -0.0210. The quantitative estimate of drug-likeness (QED) is 0.521. The third-order valence-electron chi connectivity index (χ3n) is 3.67. The van der Waals surface area contributed by atoms with E-state index in [0.29, 0.717) is 0 Å². The molecule has 0 unspecified atom stereocenters. The van der Waals surface area contributed by atoms with Gasteiger partial charge in [-0.2, -0.15) is 16.8 Å². The zero-order chi connectivity index (χ0) is 20.0. The molecule has 2 aliphatic rings. The fourth-order valence-electron chi connectivity index (χ4n) is 2.87. The highest BCUT2D eigenvalue weighted by molar-refractivity contribution is 7.86. The molecule has 10 nitrogen and oxygen atoms in total. The van der Waals surface area contributed by atoms with Crippen LogP contribution < -0.4 is 0 Å². The third kappa shape index (κ3) is 6.37. The average molecular weight is 418 g/mol. The van der Waals surface area contributed by atoms with Gasteiger partial charge in [-0.15, -0.1) is 0 Å². The highest BCUT2D eigenvalue weighted by atomic mass is 32.2. The molecule has 2 fully saturated rings. The van der Waals surface area contributed by atoms with Crippen molar-refractivity contribution < 1.29 is 44.1 Å². The summed E-state index contributed by atoms with van der Waals surface area (Å²) < 4.78 is 78.8. The largest absolute Gasteiger partial charge is 0.348 e. The van der Waals surface area contributed by atoms with Crippen LogP contribution in [0.5, 0.6) is 0 Å². The Bertz CT molecular complexity index is 712. The van der Waals surface area contributed by atoms with Gasteiger partial charge in [0.2, 0.25) is 0 Å². The van der Waals surface area contributed by atoms with E-state index in [1.807, 2.05) is 0 Å². The minimum atomic E-state index is -3.87. The van der Waals surface area contributed by atoms with E-state index in [4.69, 9.17) is 27.3 Å². The van der Waals surface area contributed by atoms with Crippen molar-refractivity contribution in [1.29, 1.82) is 0 Å². The Labute approximate surface area is 154 Å². The monoisotopic (exact) mass is 418 g/mol. The zero-order valence-electron chi connectivity index (χ0n) is 15.6. The molecule has 0 spiro atoms. The number of rotatable bonds is 7. The molecule has 0 aromatic rings. The van der Waals surface area contributed by atoms with Crippen LogP contribution in [-0.4, -0.2) is 78.6 Å². The predicted molar refractivity (Wildman–Crippen MR) is 89.2 cm³/mol. The lowest BCUT2D eigenvalue weighted by Gasteiger charge is -2.29. The van der Waals surface area contributed by atoms with Gasteiger partial charge >= 0.3 is 0 Å². The van der Waals surface area contributed by atoms with Gasteiger partial charge in [-0.3, -0.25) is 8.37 Å². The van der Waals surface area contributed by atoms with E-state index < -0.39 is 56.2 Å². The molecule has 0 radical (unpaired) electrons. The van der Waals surface area contributed by atoms with Crippen molar-refractivity contribution in [2.45, 2.75) is 63.7 Å². The van der Waals surface area contributed by atoms with Crippen LogP contribution in [0.4, 0.5) is 0 Å². The Kier molecular flexibility index (Phi) is 6.12. The second kappa shape index (κ2) is 7.24. The molecule has 4 atom stereocenters. The molecule has 0 aromatic carbocycles. The topological polar surface area (TPSA) is 124 Å². The second-order valence-electron chi connectivity index (χ2n) is 7.26. The summed E-state index contributed by atoms with van der Waals surface area (Å²) in [7, 11) is -7.59. The van der Waals surface area contributed by atoms with Crippen LogP contribution in [0.25, 0.3) is 0 Å². The van der Waals surface area contributed by atoms with Crippen LogP contribution >= 0.6 is 0 Å². The minimum Gasteiger partial charge on any atom is -0.348 e. The first-order valence-corrected chi connectivity index (χ1v) is 11.6. The Morgan fingerprint density at radius 2 is 1.58 bits per heavy atom. The molecule has 2 rings (SSSR count). The Morgan fingerprint density at radius 3 is 2.04 bits per heavy atom. The van der Waals surface area contributed by atoms with Crippen LogP contribution in [-0.2, 0) is 47.5 Å². The van der Waals surface area contributed by atoms with Crippen molar-refractivity contribution in [3.05, 3.63) is 0 Å². The van der Waals surface area contributed by atoms with E-state index in [-0.39, 0.29) is 13.2 Å². The molecule has 0 aromatic heterocycles. The molecule has 0 amide bonds. The smallest absolute Gasteiger partial charge is 0.264 e. The highest BCUT2D eigenvalue weighted by Crippen LogP contribution is 2.36. The Hall–Kier alpha value is -0.340. The van der Waals surface area contributed by atoms with Gasteiger partial charge in [0.25, 0.3) is 20.2 Å². The maximum atomic E-state index is 11.8. The van der Waals surface area contributed by atoms with Gasteiger partial charge in [0.05, 0.1) is 25.7 Å². The first-order valence-electron chi connectivity index (χ1n) is 7.97. The number of hydrogen-bond donors (Lipinski definition) is 0. The fourth-order valence-corrected chi connectivity index (χ4v) is 3.89. The molecule has 0 bridgehead atoms. The van der Waals surface area contributed by atoms with Gasteiger partial charge in [-0.05, 0) is 27.7 Å². The van der Waals surface area contributed by atoms with E-state index in [1.54, 1.807) is 27.7 Å². The first kappa shape index (κ1) is 22.0. The van der Waals surface area contributed by atoms with Gasteiger partial charge in [0, 0.05) is 0 Å². The van der Waals surface area contributed by atoms with Crippen LogP contribution in [0.2, 0.25) is 0 Å². The molecule has 0 aliphatic carbocycles. The lowest BCUT2D eigenvalue weighted by molar-refractivity contribution is -0.174. The molecule has 0 N–H and O–H groups in total. The SMILES string of the molecule is CC1(C)OC[C@@H]([C@@H](OS(C)(=O)=O)[C@@H]2OC(C)(C)O[C@@H]2COS(C)(=O)=O)O1. The molecule has 154 valence electrons. The summed E-state index contributed by atoms with van der Waals surface area (Å²) in [6.07, 6.45) is -1.90. The molecule has 26 heavy (non-hydrogen) atoms. The van der Waals surface area contributed by atoms with Crippen LogP contribution in [0.3, 0.4) is 0 Å². The molecular formula is C14H26O10S2. The summed E-state index contributed by atoms with van der Waals surface area (Å²) in [5, 5.41) is 0. The van der Waals surface area contributed by atoms with Crippen LogP contribution in [0.1, 0.15) is 27.7 Å². The summed E-state index contributed by atoms with van der Waals surface area (Å²) in [5.41, 5.74) is 0. The van der Waals surface area contributed by atoms with Crippen molar-refractivity contribution in [2.24, 2.45) is 0 Å². The van der Waals surface area contributed by atoms with E-state index in [9.17, 15) is 16.8 Å². The van der Waals surface area contributed by atoms with E-state index in [2.05, 4.69) is 0 Å². The number of hydrogen-bond acceptors (Lipinski definition) is 10. The van der Waals surface area contributed by atoms with Crippen molar-refractivity contribution in [3.8, 4) is 0 Å². The first-order chi connectivity index (χ1) is 11.6. The molecule has 2 saturated heterocycles. The maximum Gasteiger partial charge on any atom is 0.264 e. The molecule has 0 saturated carbocycles. The normalized spacial score (nSPS) is 32.6. The Morgan fingerprint density at radius 1 is 0.962 bits per heavy atom. The lowest BCUT2D eigenvalue weighted by Crippen LogP contribution is -2.48.